The SMILES string of the molecule is CCc1cc2cc(C=CCC(=O)NC(C(=O)NC(C)C(=O)N3CCCC(C(=O)O)N3)C(C)C)ccc2nn1. The standard InChI is InChI=1S/C27H36N6O5/c1-5-20-15-19-14-18(11-12-21(19)31-30-20)8-6-10-23(34)29-24(16(2)3)25(35)28-17(4)26(36)33-13-7-9-22(32-33)27(37)38/h6,8,11-12,14-17,22,24,32H,5,7,9-10,13H2,1-4H3,(H,28,35)(H,29,34)(H,37,38). The Morgan fingerprint density at radius 1 is 1.16 bits per heavy atom. The number of carbonyl (C=O) groups is 4. The quantitative estimate of drug-likeness (QED) is 0.367. The predicted octanol–water partition coefficient (Wildman–Crippen LogP) is 1.82. The van der Waals surface area contributed by atoms with Gasteiger partial charge < -0.3 is 15.7 Å². The highest BCUT2D eigenvalue weighted by atomic mass is 16.4. The highest BCUT2D eigenvalue weighted by Gasteiger charge is 2.32. The Hall–Kier alpha value is -3.86. The van der Waals surface area contributed by atoms with Crippen LogP contribution in [-0.4, -0.2) is 68.7 Å². The summed E-state index contributed by atoms with van der Waals surface area (Å²) >= 11 is 0. The molecule has 1 fully saturated rings. The number of hydrogen-bond acceptors (Lipinski definition) is 7. The molecule has 1 aromatic carbocycles. The van der Waals surface area contributed by atoms with Gasteiger partial charge in [0.15, 0.2) is 0 Å². The highest BCUT2D eigenvalue weighted by molar-refractivity contribution is 5.92. The molecule has 1 aliphatic heterocycles. The maximum Gasteiger partial charge on any atom is 0.322 e. The summed E-state index contributed by atoms with van der Waals surface area (Å²) in [5, 5.41) is 25.2. The molecule has 0 saturated carbocycles. The summed E-state index contributed by atoms with van der Waals surface area (Å²) in [6, 6.07) is 5.18. The first-order valence-electron chi connectivity index (χ1n) is 12.9. The molecule has 0 aliphatic carbocycles. The van der Waals surface area contributed by atoms with Crippen molar-refractivity contribution in [1.29, 1.82) is 0 Å². The van der Waals surface area contributed by atoms with Crippen LogP contribution < -0.4 is 16.1 Å². The van der Waals surface area contributed by atoms with Gasteiger partial charge >= 0.3 is 5.97 Å². The first-order chi connectivity index (χ1) is 18.1. The fourth-order valence-electron chi connectivity index (χ4n) is 4.17. The van der Waals surface area contributed by atoms with Crippen molar-refractivity contribution in [3.63, 3.8) is 0 Å². The Bertz CT molecular complexity index is 1210. The summed E-state index contributed by atoms with van der Waals surface area (Å²) in [4.78, 5) is 49.5. The van der Waals surface area contributed by atoms with Gasteiger partial charge in [-0.3, -0.25) is 24.2 Å². The second kappa shape index (κ2) is 13.1. The van der Waals surface area contributed by atoms with Crippen molar-refractivity contribution in [2.24, 2.45) is 5.92 Å². The Kier molecular flexibility index (Phi) is 9.89. The zero-order chi connectivity index (χ0) is 27.8. The Balaban J connectivity index is 1.55. The number of amides is 3. The van der Waals surface area contributed by atoms with Gasteiger partial charge in [0.2, 0.25) is 11.8 Å². The summed E-state index contributed by atoms with van der Waals surface area (Å²) in [6.07, 6.45) is 5.40. The molecule has 1 aliphatic rings. The van der Waals surface area contributed by atoms with Gasteiger partial charge in [0.05, 0.1) is 11.2 Å². The van der Waals surface area contributed by atoms with Crippen molar-refractivity contribution >= 4 is 40.7 Å². The number of aromatic nitrogens is 2. The molecule has 1 saturated heterocycles. The predicted molar refractivity (Wildman–Crippen MR) is 142 cm³/mol. The molecule has 3 atom stereocenters. The number of nitrogens with one attached hydrogen (secondary N) is 3. The summed E-state index contributed by atoms with van der Waals surface area (Å²) < 4.78 is 0. The van der Waals surface area contributed by atoms with Crippen molar-refractivity contribution in [2.45, 2.75) is 71.5 Å². The second-order valence-electron chi connectivity index (χ2n) is 9.79. The lowest BCUT2D eigenvalue weighted by Gasteiger charge is -2.34. The van der Waals surface area contributed by atoms with Crippen molar-refractivity contribution in [1.82, 2.24) is 31.3 Å². The molecule has 0 bridgehead atoms. The Labute approximate surface area is 222 Å². The molecule has 3 rings (SSSR count). The summed E-state index contributed by atoms with van der Waals surface area (Å²) in [5.41, 5.74) is 5.32. The van der Waals surface area contributed by atoms with E-state index in [0.717, 1.165) is 28.6 Å². The molecule has 2 aromatic rings. The fourth-order valence-corrected chi connectivity index (χ4v) is 4.17. The maximum absolute atomic E-state index is 12.9. The number of benzene rings is 1. The average Bonchev–Trinajstić information content (AvgIpc) is 2.90. The lowest BCUT2D eigenvalue weighted by molar-refractivity contribution is -0.148. The van der Waals surface area contributed by atoms with Gasteiger partial charge in [0.25, 0.3) is 5.91 Å². The zero-order valence-corrected chi connectivity index (χ0v) is 22.2. The second-order valence-corrected chi connectivity index (χ2v) is 9.79. The van der Waals surface area contributed by atoms with Crippen molar-refractivity contribution in [3.8, 4) is 0 Å². The molecular weight excluding hydrogens is 488 g/mol. The smallest absolute Gasteiger partial charge is 0.322 e. The minimum Gasteiger partial charge on any atom is -0.480 e. The van der Waals surface area contributed by atoms with Gasteiger partial charge in [0.1, 0.15) is 18.1 Å². The van der Waals surface area contributed by atoms with Crippen LogP contribution in [0.5, 0.6) is 0 Å². The van der Waals surface area contributed by atoms with E-state index < -0.39 is 35.9 Å². The minimum atomic E-state index is -1.03. The first-order valence-corrected chi connectivity index (χ1v) is 12.9. The third-order valence-electron chi connectivity index (χ3n) is 6.38. The van der Waals surface area contributed by atoms with Crippen LogP contribution in [0.4, 0.5) is 0 Å². The molecule has 0 radical (unpaired) electrons. The molecule has 2 heterocycles. The molecule has 11 heteroatoms. The van der Waals surface area contributed by atoms with Gasteiger partial charge in [-0.15, -0.1) is 0 Å². The van der Waals surface area contributed by atoms with E-state index >= 15 is 0 Å². The largest absolute Gasteiger partial charge is 0.480 e. The molecule has 11 nitrogen and oxygen atoms in total. The number of aryl methyl sites for hydroxylation is 1. The van der Waals surface area contributed by atoms with E-state index in [1.54, 1.807) is 19.9 Å². The maximum atomic E-state index is 12.9. The molecule has 38 heavy (non-hydrogen) atoms. The number of rotatable bonds is 10. The number of nitrogens with zero attached hydrogens (tertiary/aromatic N) is 3. The number of hydrazine groups is 1. The first kappa shape index (κ1) is 28.7. The van der Waals surface area contributed by atoms with Crippen molar-refractivity contribution < 1.29 is 24.3 Å². The Morgan fingerprint density at radius 2 is 1.92 bits per heavy atom. The van der Waals surface area contributed by atoms with Gasteiger partial charge in [-0.1, -0.05) is 39.0 Å². The topological polar surface area (TPSA) is 154 Å². The van der Waals surface area contributed by atoms with Crippen LogP contribution in [0, 0.1) is 5.92 Å². The molecule has 0 spiro atoms. The van der Waals surface area contributed by atoms with Gasteiger partial charge in [0, 0.05) is 18.4 Å². The number of carbonyl (C=O) groups excluding carboxylic acids is 3. The van der Waals surface area contributed by atoms with E-state index in [4.69, 9.17) is 0 Å². The summed E-state index contributed by atoms with van der Waals surface area (Å²) in [6.45, 7) is 7.51. The van der Waals surface area contributed by atoms with Crippen LogP contribution in [0.1, 0.15) is 58.2 Å². The normalized spacial score (nSPS) is 17.4. The molecule has 3 amide bonds. The minimum absolute atomic E-state index is 0.0755. The van der Waals surface area contributed by atoms with Crippen molar-refractivity contribution in [2.75, 3.05) is 6.54 Å². The van der Waals surface area contributed by atoms with Crippen LogP contribution in [-0.2, 0) is 25.6 Å². The lowest BCUT2D eigenvalue weighted by atomic mass is 10.0. The third kappa shape index (κ3) is 7.58. The molecule has 3 unspecified atom stereocenters. The number of hydrogen-bond donors (Lipinski definition) is 4. The van der Waals surface area contributed by atoms with E-state index in [1.807, 2.05) is 37.3 Å². The van der Waals surface area contributed by atoms with Crippen molar-refractivity contribution in [3.05, 3.63) is 41.6 Å². The van der Waals surface area contributed by atoms with Gasteiger partial charge in [-0.2, -0.15) is 10.2 Å². The number of carboxylic acid groups (broad SMARTS) is 1. The molecule has 1 aromatic heterocycles. The lowest BCUT2D eigenvalue weighted by Crippen LogP contribution is -2.60. The molecular formula is C27H36N6O5. The molecule has 204 valence electrons. The fraction of sp³-hybridized carbons (Fsp3) is 0.481. The molecule has 4 N–H and O–H groups in total. The van der Waals surface area contributed by atoms with E-state index in [2.05, 4.69) is 26.3 Å². The van der Waals surface area contributed by atoms with Crippen LogP contribution in [0.3, 0.4) is 0 Å². The van der Waals surface area contributed by atoms with E-state index in [-0.39, 0.29) is 18.2 Å². The Morgan fingerprint density at radius 3 is 2.61 bits per heavy atom. The monoisotopic (exact) mass is 524 g/mol. The van der Waals surface area contributed by atoms with Gasteiger partial charge in [-0.05, 0) is 55.9 Å². The zero-order valence-electron chi connectivity index (χ0n) is 22.2. The van der Waals surface area contributed by atoms with E-state index in [1.165, 1.54) is 11.9 Å². The highest BCUT2D eigenvalue weighted by Crippen LogP contribution is 2.16. The van der Waals surface area contributed by atoms with Crippen LogP contribution in [0.2, 0.25) is 0 Å². The number of carboxylic acids is 1. The van der Waals surface area contributed by atoms with Crippen LogP contribution in [0.15, 0.2) is 30.3 Å². The van der Waals surface area contributed by atoms with Gasteiger partial charge in [-0.25, -0.2) is 5.43 Å². The van der Waals surface area contributed by atoms with Crippen LogP contribution in [0.25, 0.3) is 17.0 Å². The number of aliphatic carboxylic acids is 1. The number of fused-ring (bicyclic) bond motifs is 1. The average molecular weight is 525 g/mol. The third-order valence-corrected chi connectivity index (χ3v) is 6.38. The van der Waals surface area contributed by atoms with E-state index in [0.29, 0.717) is 19.4 Å². The summed E-state index contributed by atoms with van der Waals surface area (Å²) in [5.74, 6) is -2.49. The summed E-state index contributed by atoms with van der Waals surface area (Å²) in [7, 11) is 0. The van der Waals surface area contributed by atoms with Crippen LogP contribution >= 0.6 is 0 Å². The van der Waals surface area contributed by atoms with E-state index in [9.17, 15) is 24.3 Å².